The number of nitrogens with one attached hydrogen (secondary N) is 3. The number of carboxylic acid groups (broad SMARTS) is 1. The van der Waals surface area contributed by atoms with Gasteiger partial charge in [-0.15, -0.1) is 11.6 Å². The van der Waals surface area contributed by atoms with Gasteiger partial charge >= 0.3 is 115 Å². The molecule has 5 aromatic carbocycles. The third-order valence-corrected chi connectivity index (χ3v) is 12.8. The van der Waals surface area contributed by atoms with Crippen molar-refractivity contribution in [1.29, 1.82) is 0 Å². The van der Waals surface area contributed by atoms with Gasteiger partial charge in [-0.3, -0.25) is 62.1 Å². The van der Waals surface area contributed by atoms with Crippen LogP contribution in [0.1, 0.15) is 45.5 Å². The summed E-state index contributed by atoms with van der Waals surface area (Å²) in [6.07, 6.45) is 0.596. The number of rotatable bonds is 26. The molecule has 5 amide bonds. The third kappa shape index (κ3) is 32.2. The molecule has 0 saturated carbocycles. The first kappa shape index (κ1) is 88.8. The Balaban J connectivity index is 0. The first-order chi connectivity index (χ1) is 44.2. The number of aliphatic hydroxyl groups is 2. The third-order valence-electron chi connectivity index (χ3n) is 11.7. The molecule has 502 valence electrons. The van der Waals surface area contributed by atoms with Crippen molar-refractivity contribution in [2.45, 2.75) is 39.0 Å². The van der Waals surface area contributed by atoms with Gasteiger partial charge in [-0.05, 0) is 42.3 Å². The molecule has 0 spiro atoms. The van der Waals surface area contributed by atoms with Gasteiger partial charge in [-0.25, -0.2) is 13.2 Å². The van der Waals surface area contributed by atoms with Crippen molar-refractivity contribution in [3.05, 3.63) is 164 Å². The van der Waals surface area contributed by atoms with E-state index in [-0.39, 0.29) is 217 Å². The molecule has 28 nitrogen and oxygen atoms in total. The number of aliphatic hydroxyl groups excluding tert-OH is 2. The molecule has 37 heteroatoms. The fourth-order valence-corrected chi connectivity index (χ4v) is 8.01. The van der Waals surface area contributed by atoms with Crippen molar-refractivity contribution in [1.82, 2.24) is 40.4 Å². The number of ketones is 3. The van der Waals surface area contributed by atoms with E-state index in [0.29, 0.717) is 33.8 Å². The van der Waals surface area contributed by atoms with Crippen LogP contribution >= 0.6 is 46.4 Å². The fraction of sp³-hybridized carbons (Fsp3) is 0.259. The van der Waals surface area contributed by atoms with Crippen LogP contribution in [-0.2, 0) is 85.4 Å². The summed E-state index contributed by atoms with van der Waals surface area (Å²) in [5.74, 6) is -7.47. The topological polar surface area (TPSA) is 443 Å². The van der Waals surface area contributed by atoms with Crippen LogP contribution in [0.4, 0.5) is 13.2 Å². The van der Waals surface area contributed by atoms with E-state index < -0.39 is 91.5 Å². The van der Waals surface area contributed by atoms with Gasteiger partial charge in [0.2, 0.25) is 17.7 Å². The number of primary amides is 2. The maximum atomic E-state index is 14.0. The minimum absolute atomic E-state index is 0. The number of amides is 5. The number of aromatic nitrogens is 4. The molecular formula is C58H62Cl4F3K2N11O17. The molecule has 7 rings (SSSR count). The number of Topliss-reactive ketones (excluding diaryl/α,β-unsaturated/α-hetero) is 3. The normalized spacial score (nSPS) is 9.89. The SMILES string of the molecule is COC(=O)CN.NC(=O)c1nn(CC(=O)N(CC(=O)CO)CC(=O)NCc2cccc(Cl)c2F)c2ccccc12.NC(=O)c1nn(CC(=O)O)c2ccccc12.O=C(CCl)CCc1cccc(Cl)c1F.O=C(CO)CNCC(=O)NCc1cccc(Cl)c1F.O=CO[O-].[H-].[K+].[K+]. The number of hydrogen-bond acceptors (Lipinski definition) is 20. The number of carbonyl (C=O) groups is 11. The monoisotopic (exact) mass is 1460 g/mol. The summed E-state index contributed by atoms with van der Waals surface area (Å²) in [7, 11) is 1.30. The van der Waals surface area contributed by atoms with Crippen LogP contribution in [0.3, 0.4) is 0 Å². The molecule has 0 aliphatic rings. The Kier molecular flexibility index (Phi) is 45.4. The number of ether oxygens (including phenoxy) is 1. The molecule has 0 unspecified atom stereocenters. The Morgan fingerprint density at radius 2 is 1.07 bits per heavy atom. The summed E-state index contributed by atoms with van der Waals surface area (Å²) in [6.45, 7) is -3.72. The number of fused-ring (bicyclic) bond motifs is 2. The Morgan fingerprint density at radius 1 is 0.642 bits per heavy atom. The molecule has 0 atom stereocenters. The Labute approximate surface area is 645 Å². The first-order valence-corrected chi connectivity index (χ1v) is 28.2. The molecular weight excluding hydrogens is 1400 g/mol. The van der Waals surface area contributed by atoms with E-state index in [2.05, 4.69) is 35.8 Å². The van der Waals surface area contributed by atoms with Crippen molar-refractivity contribution in [3.8, 4) is 0 Å². The molecule has 0 radical (unpaired) electrons. The molecule has 2 heterocycles. The summed E-state index contributed by atoms with van der Waals surface area (Å²) in [5, 5.41) is 51.2. The largest absolute Gasteiger partial charge is 1.00 e. The number of nitrogens with zero attached hydrogens (tertiary/aromatic N) is 5. The number of aliphatic carboxylic acids is 1. The second-order valence-electron chi connectivity index (χ2n) is 18.3. The van der Waals surface area contributed by atoms with Gasteiger partial charge in [0.05, 0.1) is 65.3 Å². The number of para-hydroxylation sites is 2. The van der Waals surface area contributed by atoms with Gasteiger partial charge < -0.3 is 69.7 Å². The van der Waals surface area contributed by atoms with E-state index in [0.717, 1.165) is 4.90 Å². The van der Waals surface area contributed by atoms with Gasteiger partial charge in [-0.1, -0.05) is 108 Å². The smallest absolute Gasteiger partial charge is 1.00 e. The molecule has 0 saturated heterocycles. The number of carboxylic acids is 1. The van der Waals surface area contributed by atoms with E-state index in [4.69, 9.17) is 89.0 Å². The first-order valence-electron chi connectivity index (χ1n) is 26.6. The fourth-order valence-electron chi connectivity index (χ4n) is 7.30. The molecule has 0 bridgehead atoms. The second kappa shape index (κ2) is 48.5. The van der Waals surface area contributed by atoms with E-state index in [1.165, 1.54) is 52.9 Å². The summed E-state index contributed by atoms with van der Waals surface area (Å²) < 4.78 is 47.4. The summed E-state index contributed by atoms with van der Waals surface area (Å²) in [4.78, 5) is 126. The molecule has 7 aromatic rings. The second-order valence-corrected chi connectivity index (χ2v) is 19.7. The maximum Gasteiger partial charge on any atom is 1.00 e. The van der Waals surface area contributed by atoms with Gasteiger partial charge in [0, 0.05) is 41.4 Å². The van der Waals surface area contributed by atoms with Crippen molar-refractivity contribution in [3.63, 3.8) is 0 Å². The average molecular weight is 1460 g/mol. The Morgan fingerprint density at radius 3 is 1.47 bits per heavy atom. The zero-order chi connectivity index (χ0) is 69.7. The van der Waals surface area contributed by atoms with Crippen LogP contribution in [-0.4, -0.2) is 164 Å². The van der Waals surface area contributed by atoms with Gasteiger partial charge in [-0.2, -0.15) is 10.2 Å². The Hall–Kier alpha value is -6.17. The number of hydrogen-bond donors (Lipinski definition) is 9. The quantitative estimate of drug-likeness (QED) is 0.00623. The number of halogens is 7. The number of aryl methyl sites for hydroxylation is 1. The van der Waals surface area contributed by atoms with E-state index in [1.54, 1.807) is 66.7 Å². The average Bonchev–Trinajstić information content (AvgIpc) is 1.67. The van der Waals surface area contributed by atoms with E-state index in [9.17, 15) is 61.1 Å². The zero-order valence-corrected chi connectivity index (χ0v) is 60.2. The number of alkyl halides is 1. The molecule has 0 aliphatic heterocycles. The number of methoxy groups -OCH3 is 1. The molecule has 0 aliphatic carbocycles. The maximum absolute atomic E-state index is 14.0. The molecule has 0 fully saturated rings. The number of nitrogens with two attached hydrogens (primary N) is 3. The van der Waals surface area contributed by atoms with Crippen LogP contribution in [0.15, 0.2) is 103 Å². The zero-order valence-electron chi connectivity index (χ0n) is 52.0. The summed E-state index contributed by atoms with van der Waals surface area (Å²) in [6, 6.07) is 27.1. The van der Waals surface area contributed by atoms with Crippen LogP contribution in [0, 0.1) is 17.5 Å². The molecule has 95 heavy (non-hydrogen) atoms. The number of carbonyl (C=O) groups excluding carboxylic acids is 10. The van der Waals surface area contributed by atoms with Crippen LogP contribution in [0.25, 0.3) is 21.8 Å². The predicted octanol–water partition coefficient (Wildman–Crippen LogP) is -4.01. The van der Waals surface area contributed by atoms with Crippen LogP contribution < -0.4 is 141 Å². The number of esters is 1. The summed E-state index contributed by atoms with van der Waals surface area (Å²) >= 11 is 22.2. The predicted molar refractivity (Wildman–Crippen MR) is 329 cm³/mol. The summed E-state index contributed by atoms with van der Waals surface area (Å²) in [5.41, 5.74) is 17.3. The minimum atomic E-state index is -1.02. The van der Waals surface area contributed by atoms with Crippen molar-refractivity contribution < 1.29 is 200 Å². The minimum Gasteiger partial charge on any atom is -1.00 e. The standard InChI is InChI=1S/C22H21ClFN5O5.C12H14ClFN2O3.C10H9Cl2FO.C10H9N3O3.C3H7NO2.CH2O3.2K.H/c23-16-6-3-4-13(20(16)24)8-26-18(32)10-28(9-14(31)12-30)19(33)11-29-17-7-2-1-5-15(17)21(27-29)22(25)34;13-10-3-1-2-8(12(10)14)4-16-11(19)6-15-5-9(18)7-17;11-6-8(14)5-4-7-2-1-3-9(12)10(7)13;11-10(16)9-6-3-1-2-4-7(6)13(12-9)5-8(14)15;1-6-3(5)2-4;2-1-4-3;;;/h1-7,30H,8-12H2,(H2,25,34)(H,26,32);1-3,15,17H,4-7H2,(H,16,19);1-3H,4-6H2;1-4H,5H2,(H2,11,16)(H,14,15);2,4H2,1H3;1,3H;;;/q;;;;;;2*+1;-1/p-1. The molecule has 2 aromatic heterocycles. The Bertz CT molecular complexity index is 3750. The van der Waals surface area contributed by atoms with Crippen molar-refractivity contribution in [2.24, 2.45) is 17.2 Å². The van der Waals surface area contributed by atoms with Crippen molar-refractivity contribution in [2.75, 3.05) is 58.9 Å². The van der Waals surface area contributed by atoms with Crippen LogP contribution in [0.2, 0.25) is 15.1 Å². The van der Waals surface area contributed by atoms with Gasteiger partial charge in [0.15, 0.2) is 23.0 Å². The van der Waals surface area contributed by atoms with Gasteiger partial charge in [0.1, 0.15) is 56.1 Å². The van der Waals surface area contributed by atoms with E-state index in [1.807, 2.05) is 0 Å². The van der Waals surface area contributed by atoms with Crippen LogP contribution in [0.5, 0.6) is 0 Å². The van der Waals surface area contributed by atoms with Gasteiger partial charge in [0.25, 0.3) is 18.3 Å². The van der Waals surface area contributed by atoms with Crippen molar-refractivity contribution >= 4 is 134 Å². The van der Waals surface area contributed by atoms with E-state index >= 15 is 0 Å². The number of benzene rings is 5. The molecule has 12 N–H and O–H groups in total.